The van der Waals surface area contributed by atoms with Crippen molar-refractivity contribution in [2.24, 2.45) is 11.8 Å². The van der Waals surface area contributed by atoms with E-state index in [0.29, 0.717) is 23.7 Å². The third-order valence-corrected chi connectivity index (χ3v) is 7.14. The Morgan fingerprint density at radius 1 is 1.05 bits per heavy atom. The van der Waals surface area contributed by atoms with Gasteiger partial charge in [-0.25, -0.2) is 4.68 Å². The SMILES string of the molecule is CC(Cc1cccc(NC(=O)C(c2ccc(Cn3nc(C(F)(F)F)ccc3=O)cc2)C2CCCC2)c1)C(=O)O. The van der Waals surface area contributed by atoms with Gasteiger partial charge in [-0.1, -0.05) is 56.2 Å². The van der Waals surface area contributed by atoms with E-state index in [1.54, 1.807) is 49.4 Å². The molecule has 4 rings (SSSR count). The number of benzene rings is 2. The van der Waals surface area contributed by atoms with Crippen molar-refractivity contribution in [1.29, 1.82) is 0 Å². The normalized spacial score (nSPS) is 15.6. The molecule has 7 nitrogen and oxygen atoms in total. The summed E-state index contributed by atoms with van der Waals surface area (Å²) in [5.41, 5.74) is 0.975. The van der Waals surface area contributed by atoms with Crippen LogP contribution in [0.3, 0.4) is 0 Å². The van der Waals surface area contributed by atoms with Gasteiger partial charge in [0, 0.05) is 11.8 Å². The molecule has 0 radical (unpaired) electrons. The zero-order chi connectivity index (χ0) is 28.2. The van der Waals surface area contributed by atoms with Crippen LogP contribution < -0.4 is 10.9 Å². The molecule has 1 aliphatic carbocycles. The molecule has 2 aromatic carbocycles. The fraction of sp³-hybridized carbons (Fsp3) is 0.379. The fourth-order valence-electron chi connectivity index (χ4n) is 5.08. The molecule has 2 N–H and O–H groups in total. The molecule has 39 heavy (non-hydrogen) atoms. The van der Waals surface area contributed by atoms with E-state index >= 15 is 0 Å². The smallest absolute Gasteiger partial charge is 0.435 e. The molecule has 0 aliphatic heterocycles. The van der Waals surface area contributed by atoms with Gasteiger partial charge in [-0.2, -0.15) is 18.3 Å². The van der Waals surface area contributed by atoms with Crippen LogP contribution in [0.1, 0.15) is 60.9 Å². The summed E-state index contributed by atoms with van der Waals surface area (Å²) in [5, 5.41) is 15.6. The number of amides is 1. The molecule has 10 heteroatoms. The van der Waals surface area contributed by atoms with Gasteiger partial charge >= 0.3 is 12.1 Å². The number of nitrogens with one attached hydrogen (secondary N) is 1. The van der Waals surface area contributed by atoms with E-state index in [-0.39, 0.29) is 18.4 Å². The zero-order valence-corrected chi connectivity index (χ0v) is 21.4. The van der Waals surface area contributed by atoms with E-state index < -0.39 is 35.2 Å². The second kappa shape index (κ2) is 11.8. The summed E-state index contributed by atoms with van der Waals surface area (Å²) < 4.78 is 39.9. The van der Waals surface area contributed by atoms with Gasteiger partial charge in [-0.15, -0.1) is 0 Å². The molecule has 206 valence electrons. The van der Waals surface area contributed by atoms with E-state index in [4.69, 9.17) is 0 Å². The maximum Gasteiger partial charge on any atom is 0.435 e. The maximum atomic E-state index is 13.5. The van der Waals surface area contributed by atoms with E-state index in [1.807, 2.05) is 6.07 Å². The molecule has 1 aromatic heterocycles. The molecule has 1 heterocycles. The number of rotatable bonds is 9. The van der Waals surface area contributed by atoms with Crippen LogP contribution >= 0.6 is 0 Å². The number of hydrogen-bond donors (Lipinski definition) is 2. The number of hydrogen-bond acceptors (Lipinski definition) is 4. The first-order valence-corrected chi connectivity index (χ1v) is 12.9. The third kappa shape index (κ3) is 7.13. The molecular weight excluding hydrogens is 511 g/mol. The van der Waals surface area contributed by atoms with Crippen molar-refractivity contribution in [3.8, 4) is 0 Å². The van der Waals surface area contributed by atoms with Crippen molar-refractivity contribution >= 4 is 17.6 Å². The summed E-state index contributed by atoms with van der Waals surface area (Å²) in [6.07, 6.45) is -0.455. The molecular formula is C29H30F3N3O4. The maximum absolute atomic E-state index is 13.5. The number of aromatic nitrogens is 2. The molecule has 1 aliphatic rings. The summed E-state index contributed by atoms with van der Waals surface area (Å²) in [6.45, 7) is 1.50. The molecule has 1 saturated carbocycles. The van der Waals surface area contributed by atoms with E-state index in [1.165, 1.54) is 0 Å². The molecule has 1 fully saturated rings. The van der Waals surface area contributed by atoms with Crippen molar-refractivity contribution in [3.63, 3.8) is 0 Å². The zero-order valence-electron chi connectivity index (χ0n) is 21.4. The number of carboxylic acid groups (broad SMARTS) is 1. The van der Waals surface area contributed by atoms with Crippen LogP contribution in [0.25, 0.3) is 0 Å². The number of carboxylic acids is 1. The van der Waals surface area contributed by atoms with Gasteiger partial charge < -0.3 is 10.4 Å². The van der Waals surface area contributed by atoms with Gasteiger partial charge in [-0.3, -0.25) is 14.4 Å². The first-order valence-electron chi connectivity index (χ1n) is 12.9. The lowest BCUT2D eigenvalue weighted by molar-refractivity contribution is -0.142. The minimum Gasteiger partial charge on any atom is -0.481 e. The van der Waals surface area contributed by atoms with Gasteiger partial charge in [0.2, 0.25) is 5.91 Å². The Hall–Kier alpha value is -3.95. The van der Waals surface area contributed by atoms with Crippen LogP contribution in [0, 0.1) is 11.8 Å². The highest BCUT2D eigenvalue weighted by molar-refractivity contribution is 5.96. The van der Waals surface area contributed by atoms with Crippen molar-refractivity contribution in [2.45, 2.75) is 57.7 Å². The third-order valence-electron chi connectivity index (χ3n) is 7.14. The minimum atomic E-state index is -4.66. The van der Waals surface area contributed by atoms with Crippen LogP contribution in [0.2, 0.25) is 0 Å². The van der Waals surface area contributed by atoms with E-state index in [0.717, 1.165) is 47.6 Å². The molecule has 2 atom stereocenters. The highest BCUT2D eigenvalue weighted by atomic mass is 19.4. The number of anilines is 1. The Bertz CT molecular complexity index is 1380. The number of halogens is 3. The molecule has 2 unspecified atom stereocenters. The number of carbonyl (C=O) groups excluding carboxylic acids is 1. The largest absolute Gasteiger partial charge is 0.481 e. The lowest BCUT2D eigenvalue weighted by atomic mass is 9.83. The second-order valence-electron chi connectivity index (χ2n) is 10.1. The average Bonchev–Trinajstić information content (AvgIpc) is 3.40. The number of alkyl halides is 3. The quantitative estimate of drug-likeness (QED) is 0.373. The lowest BCUT2D eigenvalue weighted by Crippen LogP contribution is -2.27. The van der Waals surface area contributed by atoms with Crippen molar-refractivity contribution in [1.82, 2.24) is 9.78 Å². The highest BCUT2D eigenvalue weighted by Gasteiger charge is 2.34. The molecule has 0 saturated heterocycles. The van der Waals surface area contributed by atoms with Gasteiger partial charge in [0.05, 0.1) is 18.4 Å². The summed E-state index contributed by atoms with van der Waals surface area (Å²) in [6, 6.07) is 15.6. The van der Waals surface area contributed by atoms with Crippen molar-refractivity contribution in [3.05, 3.63) is 93.4 Å². The Morgan fingerprint density at radius 3 is 2.38 bits per heavy atom. The topological polar surface area (TPSA) is 101 Å². The Labute approximate surface area is 223 Å². The van der Waals surface area contributed by atoms with Crippen LogP contribution in [-0.2, 0) is 28.7 Å². The van der Waals surface area contributed by atoms with Crippen LogP contribution in [0.15, 0.2) is 65.5 Å². The number of carbonyl (C=O) groups is 2. The van der Waals surface area contributed by atoms with Crippen molar-refractivity contribution < 1.29 is 27.9 Å². The molecule has 0 spiro atoms. The Kier molecular flexibility index (Phi) is 8.52. The second-order valence-corrected chi connectivity index (χ2v) is 10.1. The summed E-state index contributed by atoms with van der Waals surface area (Å²) >= 11 is 0. The molecule has 3 aromatic rings. The van der Waals surface area contributed by atoms with Gasteiger partial charge in [0.25, 0.3) is 5.56 Å². The van der Waals surface area contributed by atoms with E-state index in [9.17, 15) is 32.7 Å². The van der Waals surface area contributed by atoms with Gasteiger partial charge in [0.15, 0.2) is 5.69 Å². The monoisotopic (exact) mass is 541 g/mol. The summed E-state index contributed by atoms with van der Waals surface area (Å²) in [5.74, 6) is -1.91. The first kappa shape index (κ1) is 28.1. The Morgan fingerprint density at radius 2 is 1.74 bits per heavy atom. The lowest BCUT2D eigenvalue weighted by Gasteiger charge is -2.24. The summed E-state index contributed by atoms with van der Waals surface area (Å²) in [7, 11) is 0. The predicted molar refractivity (Wildman–Crippen MR) is 139 cm³/mol. The number of nitrogens with zero attached hydrogens (tertiary/aromatic N) is 2. The molecule has 1 amide bonds. The van der Waals surface area contributed by atoms with Gasteiger partial charge in [-0.05, 0) is 60.1 Å². The van der Waals surface area contributed by atoms with Gasteiger partial charge in [0.1, 0.15) is 0 Å². The average molecular weight is 542 g/mol. The standard InChI is InChI=1S/C29H30F3N3O4/c1-18(28(38)39)15-20-5-4-8-23(16-20)33-27(37)26(21-6-2-3-7-21)22-11-9-19(10-12-22)17-35-25(36)14-13-24(34-35)29(30,31)32/h4-5,8-14,16,18,21,26H,2-3,6-7,15,17H2,1H3,(H,33,37)(H,38,39). The van der Waals surface area contributed by atoms with Crippen LogP contribution in [-0.4, -0.2) is 26.8 Å². The highest BCUT2D eigenvalue weighted by Crippen LogP contribution is 2.38. The van der Waals surface area contributed by atoms with Crippen LogP contribution in [0.4, 0.5) is 18.9 Å². The van der Waals surface area contributed by atoms with Crippen molar-refractivity contribution in [2.75, 3.05) is 5.32 Å². The summed E-state index contributed by atoms with van der Waals surface area (Å²) in [4.78, 5) is 36.8. The fourth-order valence-corrected chi connectivity index (χ4v) is 5.08. The van der Waals surface area contributed by atoms with E-state index in [2.05, 4.69) is 10.4 Å². The minimum absolute atomic E-state index is 0.134. The first-order chi connectivity index (χ1) is 18.5. The predicted octanol–water partition coefficient (Wildman–Crippen LogP) is 5.49. The Balaban J connectivity index is 1.53. The van der Waals surface area contributed by atoms with Crippen LogP contribution in [0.5, 0.6) is 0 Å². The molecule has 0 bridgehead atoms. The number of aliphatic carboxylic acids is 1.